The summed E-state index contributed by atoms with van der Waals surface area (Å²) < 4.78 is 12.9. The Balaban J connectivity index is 0.00000242. The van der Waals surface area contributed by atoms with Crippen molar-refractivity contribution in [2.24, 2.45) is 5.92 Å². The second kappa shape index (κ2) is 10.0. The third kappa shape index (κ3) is 6.51. The van der Waals surface area contributed by atoms with Crippen LogP contribution in [0.4, 0.5) is 4.39 Å². The van der Waals surface area contributed by atoms with Gasteiger partial charge in [-0.15, -0.1) is 12.4 Å². The SMILES string of the molecule is Cl.O=C(CCC1CCNCC1)NCCc1ccc(F)cc1Cl. The van der Waals surface area contributed by atoms with E-state index in [4.69, 9.17) is 11.6 Å². The Hall–Kier alpha value is -0.840. The predicted molar refractivity (Wildman–Crippen MR) is 90.2 cm³/mol. The lowest BCUT2D eigenvalue weighted by atomic mass is 9.93. The van der Waals surface area contributed by atoms with Gasteiger partial charge in [-0.2, -0.15) is 0 Å². The highest BCUT2D eigenvalue weighted by Crippen LogP contribution is 2.18. The Kier molecular flexibility index (Phi) is 8.76. The second-order valence-electron chi connectivity index (χ2n) is 5.57. The van der Waals surface area contributed by atoms with Crippen LogP contribution in [0, 0.1) is 11.7 Å². The monoisotopic (exact) mass is 348 g/mol. The summed E-state index contributed by atoms with van der Waals surface area (Å²) in [6.07, 6.45) is 4.50. The molecular weight excluding hydrogens is 326 g/mol. The van der Waals surface area contributed by atoms with Crippen molar-refractivity contribution in [1.82, 2.24) is 10.6 Å². The molecule has 22 heavy (non-hydrogen) atoms. The van der Waals surface area contributed by atoms with E-state index in [1.807, 2.05) is 0 Å². The number of amides is 1. The Labute approximate surface area is 142 Å². The molecule has 0 spiro atoms. The van der Waals surface area contributed by atoms with Crippen molar-refractivity contribution < 1.29 is 9.18 Å². The standard InChI is InChI=1S/C16H22ClFN2O.ClH/c17-15-11-14(18)3-2-13(15)7-10-20-16(21)4-1-12-5-8-19-9-6-12;/h2-3,11-12,19H,1,4-10H2,(H,20,21);1H. The number of carbonyl (C=O) groups excluding carboxylic acids is 1. The van der Waals surface area contributed by atoms with E-state index in [0.717, 1.165) is 25.1 Å². The molecule has 3 nitrogen and oxygen atoms in total. The van der Waals surface area contributed by atoms with Crippen LogP contribution in [0.5, 0.6) is 0 Å². The van der Waals surface area contributed by atoms with E-state index in [9.17, 15) is 9.18 Å². The van der Waals surface area contributed by atoms with Gasteiger partial charge >= 0.3 is 0 Å². The van der Waals surface area contributed by atoms with E-state index < -0.39 is 0 Å². The van der Waals surface area contributed by atoms with Crippen LogP contribution in [-0.4, -0.2) is 25.5 Å². The molecule has 0 radical (unpaired) electrons. The van der Waals surface area contributed by atoms with Crippen molar-refractivity contribution in [2.75, 3.05) is 19.6 Å². The lowest BCUT2D eigenvalue weighted by Crippen LogP contribution is -2.30. The molecule has 1 amide bonds. The van der Waals surface area contributed by atoms with Gasteiger partial charge in [-0.3, -0.25) is 4.79 Å². The van der Waals surface area contributed by atoms with Gasteiger partial charge in [0.1, 0.15) is 5.82 Å². The molecule has 1 aliphatic rings. The molecule has 1 heterocycles. The van der Waals surface area contributed by atoms with Gasteiger partial charge in [0.15, 0.2) is 0 Å². The van der Waals surface area contributed by atoms with Gasteiger partial charge in [0.2, 0.25) is 5.91 Å². The summed E-state index contributed by atoms with van der Waals surface area (Å²) in [4.78, 5) is 11.8. The highest BCUT2D eigenvalue weighted by Gasteiger charge is 2.14. The van der Waals surface area contributed by atoms with Crippen LogP contribution in [0.1, 0.15) is 31.2 Å². The number of hydrogen-bond acceptors (Lipinski definition) is 2. The topological polar surface area (TPSA) is 41.1 Å². The lowest BCUT2D eigenvalue weighted by molar-refractivity contribution is -0.121. The fraction of sp³-hybridized carbons (Fsp3) is 0.562. The van der Waals surface area contributed by atoms with E-state index in [2.05, 4.69) is 10.6 Å². The van der Waals surface area contributed by atoms with Crippen LogP contribution < -0.4 is 10.6 Å². The summed E-state index contributed by atoms with van der Waals surface area (Å²) in [6, 6.07) is 4.36. The molecule has 2 N–H and O–H groups in total. The summed E-state index contributed by atoms with van der Waals surface area (Å²) >= 11 is 5.95. The van der Waals surface area contributed by atoms with Crippen LogP contribution in [-0.2, 0) is 11.2 Å². The minimum atomic E-state index is -0.338. The van der Waals surface area contributed by atoms with Crippen LogP contribution in [0.3, 0.4) is 0 Å². The van der Waals surface area contributed by atoms with Crippen LogP contribution in [0.15, 0.2) is 18.2 Å². The molecule has 2 rings (SSSR count). The molecule has 1 aromatic rings. The van der Waals surface area contributed by atoms with Crippen molar-refractivity contribution in [3.05, 3.63) is 34.6 Å². The van der Waals surface area contributed by atoms with Gasteiger partial charge in [-0.05, 0) is 62.4 Å². The molecular formula is C16H23Cl2FN2O. The third-order valence-corrected chi connectivity index (χ3v) is 4.32. The zero-order valence-electron chi connectivity index (χ0n) is 12.5. The Morgan fingerprint density at radius 2 is 2.09 bits per heavy atom. The zero-order valence-corrected chi connectivity index (χ0v) is 14.1. The molecule has 0 aliphatic carbocycles. The fourth-order valence-corrected chi connectivity index (χ4v) is 2.92. The Morgan fingerprint density at radius 3 is 2.77 bits per heavy atom. The molecule has 1 saturated heterocycles. The Bertz CT molecular complexity index is 479. The van der Waals surface area contributed by atoms with Crippen molar-refractivity contribution in [1.29, 1.82) is 0 Å². The maximum atomic E-state index is 12.9. The minimum absolute atomic E-state index is 0. The van der Waals surface area contributed by atoms with Crippen molar-refractivity contribution in [2.45, 2.75) is 32.1 Å². The molecule has 6 heteroatoms. The number of nitrogens with one attached hydrogen (secondary N) is 2. The van der Waals surface area contributed by atoms with Gasteiger partial charge < -0.3 is 10.6 Å². The highest BCUT2D eigenvalue weighted by atomic mass is 35.5. The summed E-state index contributed by atoms with van der Waals surface area (Å²) in [5, 5.41) is 6.65. The summed E-state index contributed by atoms with van der Waals surface area (Å²) in [5.74, 6) is 0.421. The largest absolute Gasteiger partial charge is 0.356 e. The summed E-state index contributed by atoms with van der Waals surface area (Å²) in [6.45, 7) is 2.67. The average Bonchev–Trinajstić information content (AvgIpc) is 2.48. The molecule has 1 aromatic carbocycles. The van der Waals surface area contributed by atoms with Gasteiger partial charge in [0.05, 0.1) is 0 Å². The van der Waals surface area contributed by atoms with Gasteiger partial charge in [-0.1, -0.05) is 17.7 Å². The van der Waals surface area contributed by atoms with Crippen molar-refractivity contribution in [3.8, 4) is 0 Å². The minimum Gasteiger partial charge on any atom is -0.356 e. The molecule has 0 aromatic heterocycles. The van der Waals surface area contributed by atoms with Crippen LogP contribution >= 0.6 is 24.0 Å². The number of hydrogen-bond donors (Lipinski definition) is 2. The lowest BCUT2D eigenvalue weighted by Gasteiger charge is -2.22. The number of halogens is 3. The first-order chi connectivity index (χ1) is 10.1. The smallest absolute Gasteiger partial charge is 0.220 e. The maximum absolute atomic E-state index is 12.9. The quantitative estimate of drug-likeness (QED) is 0.827. The predicted octanol–water partition coefficient (Wildman–Crippen LogP) is 3.34. The van der Waals surface area contributed by atoms with E-state index in [0.29, 0.717) is 30.3 Å². The number of rotatable bonds is 6. The second-order valence-corrected chi connectivity index (χ2v) is 5.97. The molecule has 0 atom stereocenters. The normalized spacial score (nSPS) is 15.2. The molecule has 0 unspecified atom stereocenters. The summed E-state index contributed by atoms with van der Waals surface area (Å²) in [5.41, 5.74) is 0.858. The van der Waals surface area contributed by atoms with E-state index in [1.54, 1.807) is 6.07 Å². The van der Waals surface area contributed by atoms with E-state index in [1.165, 1.54) is 25.0 Å². The molecule has 0 saturated carbocycles. The van der Waals surface area contributed by atoms with E-state index in [-0.39, 0.29) is 24.1 Å². The van der Waals surface area contributed by atoms with Gasteiger partial charge in [0, 0.05) is 18.0 Å². The van der Waals surface area contributed by atoms with Crippen LogP contribution in [0.25, 0.3) is 0 Å². The number of piperidine rings is 1. The number of benzene rings is 1. The van der Waals surface area contributed by atoms with Crippen molar-refractivity contribution >= 4 is 29.9 Å². The first-order valence-electron chi connectivity index (χ1n) is 7.56. The molecule has 124 valence electrons. The highest BCUT2D eigenvalue weighted by molar-refractivity contribution is 6.31. The Morgan fingerprint density at radius 1 is 1.36 bits per heavy atom. The maximum Gasteiger partial charge on any atom is 0.220 e. The fourth-order valence-electron chi connectivity index (χ4n) is 2.66. The van der Waals surface area contributed by atoms with Gasteiger partial charge in [0.25, 0.3) is 0 Å². The molecule has 1 aliphatic heterocycles. The average molecular weight is 349 g/mol. The van der Waals surface area contributed by atoms with E-state index >= 15 is 0 Å². The number of carbonyl (C=O) groups is 1. The molecule has 1 fully saturated rings. The first kappa shape index (κ1) is 19.2. The van der Waals surface area contributed by atoms with Crippen LogP contribution in [0.2, 0.25) is 5.02 Å². The van der Waals surface area contributed by atoms with Gasteiger partial charge in [-0.25, -0.2) is 4.39 Å². The van der Waals surface area contributed by atoms with Crippen molar-refractivity contribution in [3.63, 3.8) is 0 Å². The molecule has 0 bridgehead atoms. The zero-order chi connectivity index (χ0) is 15.1. The summed E-state index contributed by atoms with van der Waals surface area (Å²) in [7, 11) is 0. The third-order valence-electron chi connectivity index (χ3n) is 3.97. The first-order valence-corrected chi connectivity index (χ1v) is 7.94.